The number of hydrogen-bond acceptors (Lipinski definition) is 5. The Labute approximate surface area is 223 Å². The molecule has 1 atom stereocenters. The number of hydrogen-bond donors (Lipinski definition) is 3. The maximum absolute atomic E-state index is 12.9. The molecule has 1 aliphatic heterocycles. The number of pyridine rings is 2. The topological polar surface area (TPSA) is 107 Å². The van der Waals surface area contributed by atoms with Gasteiger partial charge in [-0.2, -0.15) is 0 Å². The number of aromatic amines is 1. The molecule has 38 heavy (non-hydrogen) atoms. The van der Waals surface area contributed by atoms with Gasteiger partial charge in [0.25, 0.3) is 11.5 Å². The van der Waals surface area contributed by atoms with Crippen LogP contribution in [-0.2, 0) is 11.2 Å². The van der Waals surface area contributed by atoms with E-state index < -0.39 is 0 Å². The van der Waals surface area contributed by atoms with Crippen molar-refractivity contribution in [2.45, 2.75) is 46.0 Å². The minimum Gasteiger partial charge on any atom is -0.372 e. The number of amides is 2. The van der Waals surface area contributed by atoms with E-state index in [1.54, 1.807) is 31.4 Å². The second kappa shape index (κ2) is 12.5. The predicted molar refractivity (Wildman–Crippen MR) is 151 cm³/mol. The minimum atomic E-state index is -0.389. The van der Waals surface area contributed by atoms with E-state index in [0.29, 0.717) is 29.2 Å². The first kappa shape index (κ1) is 27.1. The maximum atomic E-state index is 12.9. The van der Waals surface area contributed by atoms with E-state index in [1.165, 1.54) is 19.3 Å². The molecule has 2 amide bonds. The summed E-state index contributed by atoms with van der Waals surface area (Å²) in [5.41, 5.74) is 3.48. The Balaban J connectivity index is 1.49. The molecule has 3 aromatic rings. The molecule has 1 aliphatic rings. The van der Waals surface area contributed by atoms with Crippen LogP contribution in [0.4, 0.5) is 11.4 Å². The maximum Gasteiger partial charge on any atom is 0.271 e. The Morgan fingerprint density at radius 2 is 1.79 bits per heavy atom. The van der Waals surface area contributed by atoms with E-state index in [0.717, 1.165) is 30.9 Å². The Morgan fingerprint density at radius 1 is 1.05 bits per heavy atom. The Morgan fingerprint density at radius 3 is 2.47 bits per heavy atom. The first-order chi connectivity index (χ1) is 18.3. The molecular weight excluding hydrogens is 478 g/mol. The van der Waals surface area contributed by atoms with Crippen LogP contribution in [0.15, 0.2) is 59.5 Å². The number of aromatic nitrogens is 2. The zero-order valence-corrected chi connectivity index (χ0v) is 22.4. The molecule has 0 saturated carbocycles. The number of carbonyl (C=O) groups is 2. The highest BCUT2D eigenvalue weighted by molar-refractivity contribution is 6.04. The summed E-state index contributed by atoms with van der Waals surface area (Å²) >= 11 is 0. The predicted octanol–water partition coefficient (Wildman–Crippen LogP) is 4.63. The fourth-order valence-corrected chi connectivity index (χ4v) is 4.96. The third kappa shape index (κ3) is 6.88. The van der Waals surface area contributed by atoms with Crippen molar-refractivity contribution in [3.63, 3.8) is 0 Å². The third-order valence-electron chi connectivity index (χ3n) is 6.93. The van der Waals surface area contributed by atoms with Crippen molar-refractivity contribution < 1.29 is 9.59 Å². The van der Waals surface area contributed by atoms with Gasteiger partial charge in [0.2, 0.25) is 5.91 Å². The molecule has 2 aromatic heterocycles. The standard InChI is InChI=1S/C30H37N5O3/c1-20(2)16-22(28(36)31-3)17-24-8-7-9-26(33-24)23-18-27(30(38)32-19-23)34-29(37)21-10-12-25(13-11-21)35-14-5-4-6-15-35/h7-13,18-20,22H,4-6,14-17H2,1-3H3,(H,31,36)(H,32,38)(H,34,37)/t22-/m0/s1. The number of nitrogens with one attached hydrogen (secondary N) is 3. The first-order valence-corrected chi connectivity index (χ1v) is 13.4. The van der Waals surface area contributed by atoms with Gasteiger partial charge in [0.1, 0.15) is 5.69 Å². The van der Waals surface area contributed by atoms with Gasteiger partial charge >= 0.3 is 0 Å². The summed E-state index contributed by atoms with van der Waals surface area (Å²) < 4.78 is 0. The molecule has 0 spiro atoms. The Kier molecular flexibility index (Phi) is 8.94. The lowest BCUT2D eigenvalue weighted by Crippen LogP contribution is -2.30. The molecule has 8 nitrogen and oxygen atoms in total. The molecular formula is C30H37N5O3. The van der Waals surface area contributed by atoms with E-state index in [-0.39, 0.29) is 29.0 Å². The largest absolute Gasteiger partial charge is 0.372 e. The van der Waals surface area contributed by atoms with Gasteiger partial charge in [0.15, 0.2) is 0 Å². The normalized spacial score (nSPS) is 14.3. The summed E-state index contributed by atoms with van der Waals surface area (Å²) in [7, 11) is 1.65. The van der Waals surface area contributed by atoms with Gasteiger partial charge < -0.3 is 20.5 Å². The number of carbonyl (C=O) groups excluding carboxylic acids is 2. The highest BCUT2D eigenvalue weighted by Gasteiger charge is 2.20. The van der Waals surface area contributed by atoms with Crippen LogP contribution in [0, 0.1) is 11.8 Å². The lowest BCUT2D eigenvalue weighted by molar-refractivity contribution is -0.125. The summed E-state index contributed by atoms with van der Waals surface area (Å²) in [5, 5.41) is 5.50. The lowest BCUT2D eigenvalue weighted by Gasteiger charge is -2.28. The Hall–Kier alpha value is -3.94. The number of nitrogens with zero attached hydrogens (tertiary/aromatic N) is 2. The van der Waals surface area contributed by atoms with Crippen LogP contribution in [0.3, 0.4) is 0 Å². The molecule has 3 N–H and O–H groups in total. The fourth-order valence-electron chi connectivity index (χ4n) is 4.96. The minimum absolute atomic E-state index is 0.00361. The van der Waals surface area contributed by atoms with E-state index >= 15 is 0 Å². The smallest absolute Gasteiger partial charge is 0.271 e. The summed E-state index contributed by atoms with van der Waals surface area (Å²) in [6.07, 6.45) is 6.50. The molecule has 4 rings (SSSR count). The van der Waals surface area contributed by atoms with E-state index in [2.05, 4.69) is 34.4 Å². The van der Waals surface area contributed by atoms with E-state index in [9.17, 15) is 14.4 Å². The van der Waals surface area contributed by atoms with Gasteiger partial charge in [-0.1, -0.05) is 19.9 Å². The van der Waals surface area contributed by atoms with Crippen molar-refractivity contribution >= 4 is 23.2 Å². The van der Waals surface area contributed by atoms with Gasteiger partial charge in [-0.15, -0.1) is 0 Å². The fraction of sp³-hybridized carbons (Fsp3) is 0.400. The highest BCUT2D eigenvalue weighted by atomic mass is 16.2. The molecule has 8 heteroatoms. The van der Waals surface area contributed by atoms with Crippen molar-refractivity contribution in [2.24, 2.45) is 11.8 Å². The number of anilines is 2. The van der Waals surface area contributed by atoms with Gasteiger partial charge in [-0.25, -0.2) is 0 Å². The molecule has 0 unspecified atom stereocenters. The lowest BCUT2D eigenvalue weighted by atomic mass is 9.92. The second-order valence-electron chi connectivity index (χ2n) is 10.3. The molecule has 1 fully saturated rings. The van der Waals surface area contributed by atoms with E-state index in [4.69, 9.17) is 4.98 Å². The SMILES string of the molecule is CNC(=O)[C@H](Cc1cccc(-c2c[nH]c(=O)c(NC(=O)c3ccc(N4CCCCC4)cc3)c2)n1)CC(C)C. The second-order valence-corrected chi connectivity index (χ2v) is 10.3. The van der Waals surface area contributed by atoms with Crippen LogP contribution < -0.4 is 21.1 Å². The summed E-state index contributed by atoms with van der Waals surface area (Å²) in [4.78, 5) is 47.6. The van der Waals surface area contributed by atoms with Crippen molar-refractivity contribution in [2.75, 3.05) is 30.4 Å². The third-order valence-corrected chi connectivity index (χ3v) is 6.93. The summed E-state index contributed by atoms with van der Waals surface area (Å²) in [6, 6.07) is 14.8. The number of rotatable bonds is 9. The van der Waals surface area contributed by atoms with Crippen LogP contribution in [0.5, 0.6) is 0 Å². The zero-order chi connectivity index (χ0) is 27.1. The monoisotopic (exact) mass is 515 g/mol. The van der Waals surface area contributed by atoms with Crippen molar-refractivity contribution in [1.82, 2.24) is 15.3 Å². The first-order valence-electron chi connectivity index (χ1n) is 13.4. The van der Waals surface area contributed by atoms with Gasteiger partial charge in [0.05, 0.1) is 5.69 Å². The number of benzene rings is 1. The van der Waals surface area contributed by atoms with E-state index in [1.807, 2.05) is 30.3 Å². The Bertz CT molecular complexity index is 1310. The molecule has 0 bridgehead atoms. The molecule has 1 aromatic carbocycles. The van der Waals surface area contributed by atoms with Crippen LogP contribution in [0.2, 0.25) is 0 Å². The molecule has 0 radical (unpaired) electrons. The average Bonchev–Trinajstić information content (AvgIpc) is 2.94. The highest BCUT2D eigenvalue weighted by Crippen LogP contribution is 2.23. The molecule has 1 saturated heterocycles. The molecule has 200 valence electrons. The van der Waals surface area contributed by atoms with Crippen LogP contribution >= 0.6 is 0 Å². The van der Waals surface area contributed by atoms with Gasteiger partial charge in [-0.3, -0.25) is 19.4 Å². The van der Waals surface area contributed by atoms with Crippen molar-refractivity contribution in [3.05, 3.63) is 76.3 Å². The average molecular weight is 516 g/mol. The van der Waals surface area contributed by atoms with Crippen LogP contribution in [-0.4, -0.2) is 41.9 Å². The number of piperidine rings is 1. The van der Waals surface area contributed by atoms with Gasteiger partial charge in [0, 0.05) is 61.2 Å². The number of H-pyrrole nitrogens is 1. The van der Waals surface area contributed by atoms with Crippen molar-refractivity contribution in [3.8, 4) is 11.3 Å². The van der Waals surface area contributed by atoms with Crippen LogP contribution in [0.25, 0.3) is 11.3 Å². The zero-order valence-electron chi connectivity index (χ0n) is 22.4. The quantitative estimate of drug-likeness (QED) is 0.385. The summed E-state index contributed by atoms with van der Waals surface area (Å²) in [6.45, 7) is 6.26. The van der Waals surface area contributed by atoms with Crippen molar-refractivity contribution in [1.29, 1.82) is 0 Å². The molecule has 0 aliphatic carbocycles. The van der Waals surface area contributed by atoms with Gasteiger partial charge in [-0.05, 0) is 74.1 Å². The summed E-state index contributed by atoms with van der Waals surface area (Å²) in [5.74, 6) is -0.133. The molecule has 3 heterocycles. The van der Waals surface area contributed by atoms with Crippen LogP contribution in [0.1, 0.15) is 55.6 Å².